The van der Waals surface area contributed by atoms with Crippen molar-refractivity contribution in [2.75, 3.05) is 32.1 Å². The van der Waals surface area contributed by atoms with E-state index in [2.05, 4.69) is 5.32 Å². The van der Waals surface area contributed by atoms with E-state index in [4.69, 9.17) is 14.2 Å². The first-order valence-electron chi connectivity index (χ1n) is 9.86. The Hall–Kier alpha value is -2.78. The van der Waals surface area contributed by atoms with Gasteiger partial charge in [-0.3, -0.25) is 4.79 Å². The summed E-state index contributed by atoms with van der Waals surface area (Å²) < 4.78 is 44.1. The third kappa shape index (κ3) is 4.08. The van der Waals surface area contributed by atoms with E-state index in [0.717, 1.165) is 19.3 Å². The number of sulfonamides is 1. The van der Waals surface area contributed by atoms with Gasteiger partial charge in [-0.05, 0) is 43.2 Å². The van der Waals surface area contributed by atoms with Gasteiger partial charge in [0.1, 0.15) is 12.4 Å². The molecular formula is C21H24N2O6S. The molecule has 2 aliphatic rings. The second-order valence-electron chi connectivity index (χ2n) is 7.18. The maximum atomic E-state index is 13.0. The molecule has 8 nitrogen and oxygen atoms in total. The number of ether oxygens (including phenoxy) is 3. The Bertz CT molecular complexity index is 1030. The number of carbonyl (C=O) groups is 1. The molecule has 1 saturated heterocycles. The molecule has 2 heterocycles. The van der Waals surface area contributed by atoms with Gasteiger partial charge >= 0.3 is 0 Å². The lowest BCUT2D eigenvalue weighted by molar-refractivity contribution is -0.125. The van der Waals surface area contributed by atoms with E-state index in [1.165, 1.54) is 23.5 Å². The van der Waals surface area contributed by atoms with Crippen molar-refractivity contribution in [3.63, 3.8) is 0 Å². The normalized spacial score (nSPS) is 19.2. The zero-order valence-electron chi connectivity index (χ0n) is 16.7. The summed E-state index contributed by atoms with van der Waals surface area (Å²) in [6.07, 6.45) is 1.86. The van der Waals surface area contributed by atoms with Crippen LogP contribution in [0.15, 0.2) is 47.4 Å². The Labute approximate surface area is 175 Å². The number of fused-ring (bicyclic) bond motifs is 1. The lowest BCUT2D eigenvalue weighted by atomic mass is 10.2. The van der Waals surface area contributed by atoms with Crippen LogP contribution in [-0.4, -0.2) is 51.5 Å². The van der Waals surface area contributed by atoms with E-state index < -0.39 is 22.0 Å². The van der Waals surface area contributed by atoms with Gasteiger partial charge in [-0.2, -0.15) is 4.31 Å². The summed E-state index contributed by atoms with van der Waals surface area (Å²) in [4.78, 5) is 12.9. The van der Waals surface area contributed by atoms with Gasteiger partial charge < -0.3 is 19.5 Å². The van der Waals surface area contributed by atoms with Gasteiger partial charge in [-0.15, -0.1) is 0 Å². The molecule has 30 heavy (non-hydrogen) atoms. The summed E-state index contributed by atoms with van der Waals surface area (Å²) in [5, 5.41) is 2.73. The number of methoxy groups -OCH3 is 1. The van der Waals surface area contributed by atoms with Gasteiger partial charge in [0, 0.05) is 13.1 Å². The van der Waals surface area contributed by atoms with Crippen LogP contribution in [0.2, 0.25) is 0 Å². The second-order valence-corrected chi connectivity index (χ2v) is 9.12. The molecule has 0 unspecified atom stereocenters. The Morgan fingerprint density at radius 2 is 1.83 bits per heavy atom. The molecule has 1 N–H and O–H groups in total. The van der Waals surface area contributed by atoms with Crippen LogP contribution in [0.1, 0.15) is 19.3 Å². The van der Waals surface area contributed by atoms with Crippen LogP contribution in [0.3, 0.4) is 0 Å². The number of benzene rings is 2. The van der Waals surface area contributed by atoms with Crippen molar-refractivity contribution in [1.82, 2.24) is 4.31 Å². The molecule has 0 radical (unpaired) electrons. The summed E-state index contributed by atoms with van der Waals surface area (Å²) in [6.45, 7) is 1.06. The second kappa shape index (κ2) is 8.53. The molecule has 2 aliphatic heterocycles. The SMILES string of the molecule is COc1ccc(S(=O)(=O)N2CCCCC2)cc1NC(=O)[C@@H]1COc2ccccc2O1. The van der Waals surface area contributed by atoms with Gasteiger partial charge in [0.25, 0.3) is 5.91 Å². The van der Waals surface area contributed by atoms with Crippen molar-refractivity contribution in [3.8, 4) is 17.2 Å². The van der Waals surface area contributed by atoms with E-state index >= 15 is 0 Å². The van der Waals surface area contributed by atoms with Crippen molar-refractivity contribution in [2.24, 2.45) is 0 Å². The molecule has 0 spiro atoms. The first-order chi connectivity index (χ1) is 14.5. The van der Waals surface area contributed by atoms with Crippen molar-refractivity contribution in [2.45, 2.75) is 30.3 Å². The molecule has 1 amide bonds. The Morgan fingerprint density at radius 3 is 2.57 bits per heavy atom. The number of hydrogen-bond donors (Lipinski definition) is 1. The Morgan fingerprint density at radius 1 is 1.10 bits per heavy atom. The van der Waals surface area contributed by atoms with Gasteiger partial charge in [-0.1, -0.05) is 18.6 Å². The highest BCUT2D eigenvalue weighted by Gasteiger charge is 2.30. The molecule has 2 aromatic rings. The number of piperidine rings is 1. The van der Waals surface area contributed by atoms with E-state index in [9.17, 15) is 13.2 Å². The highest BCUT2D eigenvalue weighted by Crippen LogP contribution is 2.33. The van der Waals surface area contributed by atoms with E-state index in [0.29, 0.717) is 30.3 Å². The Kier molecular flexibility index (Phi) is 5.83. The summed E-state index contributed by atoms with van der Waals surface area (Å²) in [6, 6.07) is 11.6. The average molecular weight is 432 g/mol. The number of hydrogen-bond acceptors (Lipinski definition) is 6. The number of amides is 1. The number of para-hydroxylation sites is 2. The third-order valence-electron chi connectivity index (χ3n) is 5.18. The third-order valence-corrected chi connectivity index (χ3v) is 7.08. The largest absolute Gasteiger partial charge is 0.495 e. The summed E-state index contributed by atoms with van der Waals surface area (Å²) >= 11 is 0. The number of anilines is 1. The smallest absolute Gasteiger partial charge is 0.269 e. The predicted molar refractivity (Wildman–Crippen MR) is 111 cm³/mol. The predicted octanol–water partition coefficient (Wildman–Crippen LogP) is 2.65. The molecule has 160 valence electrons. The zero-order valence-corrected chi connectivity index (χ0v) is 17.5. The molecule has 0 aromatic heterocycles. The zero-order chi connectivity index (χ0) is 21.1. The first kappa shape index (κ1) is 20.5. The molecule has 0 bridgehead atoms. The highest BCUT2D eigenvalue weighted by molar-refractivity contribution is 7.89. The fourth-order valence-corrected chi connectivity index (χ4v) is 5.11. The minimum absolute atomic E-state index is 0.0525. The van der Waals surface area contributed by atoms with Gasteiger partial charge in [-0.25, -0.2) is 8.42 Å². The maximum Gasteiger partial charge on any atom is 0.269 e. The molecule has 9 heteroatoms. The number of rotatable bonds is 5. The van der Waals surface area contributed by atoms with Crippen LogP contribution in [-0.2, 0) is 14.8 Å². The van der Waals surface area contributed by atoms with Crippen LogP contribution in [0.4, 0.5) is 5.69 Å². The summed E-state index contributed by atoms with van der Waals surface area (Å²) in [5.41, 5.74) is 0.267. The van der Waals surface area contributed by atoms with E-state index in [1.54, 1.807) is 24.3 Å². The van der Waals surface area contributed by atoms with Crippen molar-refractivity contribution >= 4 is 21.6 Å². The van der Waals surface area contributed by atoms with Crippen molar-refractivity contribution < 1.29 is 27.4 Å². The number of nitrogens with one attached hydrogen (secondary N) is 1. The van der Waals surface area contributed by atoms with Crippen molar-refractivity contribution in [3.05, 3.63) is 42.5 Å². The highest BCUT2D eigenvalue weighted by atomic mass is 32.2. The fraction of sp³-hybridized carbons (Fsp3) is 0.381. The van der Waals surface area contributed by atoms with Crippen molar-refractivity contribution in [1.29, 1.82) is 0 Å². The van der Waals surface area contributed by atoms with Crippen LogP contribution < -0.4 is 19.5 Å². The van der Waals surface area contributed by atoms with Crippen LogP contribution >= 0.6 is 0 Å². The van der Waals surface area contributed by atoms with Crippen LogP contribution in [0.25, 0.3) is 0 Å². The molecule has 0 aliphatic carbocycles. The van der Waals surface area contributed by atoms with Crippen LogP contribution in [0, 0.1) is 0 Å². The molecule has 1 fully saturated rings. The minimum Gasteiger partial charge on any atom is -0.495 e. The fourth-order valence-electron chi connectivity index (χ4n) is 3.56. The quantitative estimate of drug-likeness (QED) is 0.781. The number of carbonyl (C=O) groups excluding carboxylic acids is 1. The monoisotopic (exact) mass is 432 g/mol. The molecular weight excluding hydrogens is 408 g/mol. The van der Waals surface area contributed by atoms with E-state index in [1.807, 2.05) is 6.07 Å². The first-order valence-corrected chi connectivity index (χ1v) is 11.3. The van der Waals surface area contributed by atoms with Gasteiger partial charge in [0.15, 0.2) is 11.5 Å². The lowest BCUT2D eigenvalue weighted by Gasteiger charge is -2.27. The summed E-state index contributed by atoms with van der Waals surface area (Å²) in [7, 11) is -2.18. The average Bonchev–Trinajstić information content (AvgIpc) is 2.79. The Balaban J connectivity index is 1.55. The topological polar surface area (TPSA) is 94.2 Å². The lowest BCUT2D eigenvalue weighted by Crippen LogP contribution is -2.40. The molecule has 1 atom stereocenters. The standard InChI is InChI=1S/C21H24N2O6S/c1-27-17-10-9-15(30(25,26)23-11-5-2-6-12-23)13-16(17)22-21(24)20-14-28-18-7-3-4-8-19(18)29-20/h3-4,7-10,13,20H,2,5-6,11-12,14H2,1H3,(H,22,24)/t20-/m0/s1. The number of nitrogens with zero attached hydrogens (tertiary/aromatic N) is 1. The van der Waals surface area contributed by atoms with Gasteiger partial charge in [0.2, 0.25) is 16.1 Å². The molecule has 4 rings (SSSR count). The minimum atomic E-state index is -3.64. The van der Waals surface area contributed by atoms with Gasteiger partial charge in [0.05, 0.1) is 17.7 Å². The molecule has 2 aromatic carbocycles. The molecule has 0 saturated carbocycles. The maximum absolute atomic E-state index is 13.0. The summed E-state index contributed by atoms with van der Waals surface area (Å²) in [5.74, 6) is 0.972. The van der Waals surface area contributed by atoms with E-state index in [-0.39, 0.29) is 17.2 Å². The van der Waals surface area contributed by atoms with Crippen LogP contribution in [0.5, 0.6) is 17.2 Å².